The van der Waals surface area contributed by atoms with Gasteiger partial charge in [0.25, 0.3) is 5.91 Å². The third-order valence-corrected chi connectivity index (χ3v) is 4.89. The molecular formula is C25H19N5O3. The van der Waals surface area contributed by atoms with Gasteiger partial charge >= 0.3 is 5.97 Å². The maximum absolute atomic E-state index is 13.4. The van der Waals surface area contributed by atoms with Crippen LogP contribution in [-0.2, 0) is 11.3 Å². The summed E-state index contributed by atoms with van der Waals surface area (Å²) in [4.78, 5) is 30.2. The summed E-state index contributed by atoms with van der Waals surface area (Å²) < 4.78 is 1.66. The first-order valence-electron chi connectivity index (χ1n) is 10.1. The number of aromatic nitrogens is 3. The molecule has 0 atom stereocenters. The Morgan fingerprint density at radius 3 is 2.33 bits per heavy atom. The lowest BCUT2D eigenvalue weighted by molar-refractivity contribution is -0.137. The fraction of sp³-hybridized carbons (Fsp3) is 0.0800. The molecule has 0 aliphatic carbocycles. The predicted molar refractivity (Wildman–Crippen MR) is 120 cm³/mol. The normalized spacial score (nSPS) is 10.4. The van der Waals surface area contributed by atoms with Crippen molar-refractivity contribution in [2.75, 3.05) is 6.54 Å². The van der Waals surface area contributed by atoms with Crippen molar-refractivity contribution in [3.8, 4) is 23.0 Å². The number of carbonyl (C=O) groups excluding carboxylic acids is 1. The van der Waals surface area contributed by atoms with Crippen LogP contribution in [0.5, 0.6) is 0 Å². The second kappa shape index (κ2) is 9.58. The van der Waals surface area contributed by atoms with Crippen molar-refractivity contribution < 1.29 is 14.7 Å². The maximum atomic E-state index is 13.4. The van der Waals surface area contributed by atoms with Crippen molar-refractivity contribution in [3.63, 3.8) is 0 Å². The molecule has 2 aromatic heterocycles. The molecule has 2 heterocycles. The smallest absolute Gasteiger partial charge is 0.323 e. The molecule has 8 heteroatoms. The fourth-order valence-electron chi connectivity index (χ4n) is 3.42. The highest BCUT2D eigenvalue weighted by molar-refractivity contribution is 5.95. The van der Waals surface area contributed by atoms with Crippen LogP contribution in [-0.4, -0.2) is 43.2 Å². The molecule has 1 N–H and O–H groups in total. The van der Waals surface area contributed by atoms with Crippen LogP contribution < -0.4 is 0 Å². The largest absolute Gasteiger partial charge is 0.480 e. The Bertz CT molecular complexity index is 1270. The third kappa shape index (κ3) is 4.94. The molecule has 0 bridgehead atoms. The lowest BCUT2D eigenvalue weighted by atomic mass is 10.1. The number of pyridine rings is 1. The number of carboxylic acid groups (broad SMARTS) is 1. The minimum atomic E-state index is -1.16. The molecule has 0 aliphatic rings. The number of carbonyl (C=O) groups is 2. The number of hydrogen-bond acceptors (Lipinski definition) is 5. The van der Waals surface area contributed by atoms with E-state index in [1.807, 2.05) is 66.7 Å². The quantitative estimate of drug-likeness (QED) is 0.473. The second-order valence-electron chi connectivity index (χ2n) is 7.21. The van der Waals surface area contributed by atoms with Gasteiger partial charge in [0, 0.05) is 5.56 Å². The Hall–Kier alpha value is -4.77. The van der Waals surface area contributed by atoms with Crippen molar-refractivity contribution >= 4 is 11.9 Å². The van der Waals surface area contributed by atoms with Crippen LogP contribution in [0.15, 0.2) is 84.9 Å². The van der Waals surface area contributed by atoms with Gasteiger partial charge in [0.1, 0.15) is 18.3 Å². The zero-order valence-corrected chi connectivity index (χ0v) is 17.5. The van der Waals surface area contributed by atoms with E-state index in [9.17, 15) is 14.7 Å². The van der Waals surface area contributed by atoms with Gasteiger partial charge in [-0.25, -0.2) is 9.67 Å². The molecule has 1 amide bonds. The fourth-order valence-corrected chi connectivity index (χ4v) is 3.42. The molecule has 0 saturated heterocycles. The minimum Gasteiger partial charge on any atom is -0.480 e. The van der Waals surface area contributed by atoms with Gasteiger partial charge in [0.15, 0.2) is 5.69 Å². The Morgan fingerprint density at radius 2 is 1.67 bits per heavy atom. The maximum Gasteiger partial charge on any atom is 0.323 e. The second-order valence-corrected chi connectivity index (χ2v) is 7.21. The van der Waals surface area contributed by atoms with Gasteiger partial charge in [0.2, 0.25) is 0 Å². The van der Waals surface area contributed by atoms with Crippen molar-refractivity contribution in [2.24, 2.45) is 0 Å². The van der Waals surface area contributed by atoms with E-state index in [1.54, 1.807) is 28.9 Å². The van der Waals surface area contributed by atoms with Gasteiger partial charge in [-0.3, -0.25) is 9.59 Å². The molecule has 0 unspecified atom stereocenters. The van der Waals surface area contributed by atoms with Gasteiger partial charge < -0.3 is 10.0 Å². The van der Waals surface area contributed by atoms with Gasteiger partial charge in [0.05, 0.1) is 23.6 Å². The number of nitriles is 1. The van der Waals surface area contributed by atoms with Crippen LogP contribution in [0, 0.1) is 11.3 Å². The highest BCUT2D eigenvalue weighted by atomic mass is 16.4. The highest BCUT2D eigenvalue weighted by Crippen LogP contribution is 2.24. The average Bonchev–Trinajstić information content (AvgIpc) is 3.30. The zero-order chi connectivity index (χ0) is 23.2. The SMILES string of the molecule is N#Cc1cccc(CN(CC(=O)O)C(=O)c2cc(-c3ccccc3)n(-c3ccccc3)n2)n1. The zero-order valence-electron chi connectivity index (χ0n) is 17.5. The Morgan fingerprint density at radius 1 is 0.970 bits per heavy atom. The van der Waals surface area contributed by atoms with Gasteiger partial charge in [-0.1, -0.05) is 54.6 Å². The van der Waals surface area contributed by atoms with E-state index < -0.39 is 18.4 Å². The van der Waals surface area contributed by atoms with Gasteiger partial charge in [-0.15, -0.1) is 0 Å². The topological polar surface area (TPSA) is 112 Å². The van der Waals surface area contributed by atoms with Gasteiger partial charge in [-0.2, -0.15) is 10.4 Å². The molecular weight excluding hydrogens is 418 g/mol. The molecule has 2 aromatic carbocycles. The molecule has 0 spiro atoms. The van der Waals surface area contributed by atoms with Crippen LogP contribution in [0.2, 0.25) is 0 Å². The van der Waals surface area contributed by atoms with Gasteiger partial charge in [-0.05, 0) is 30.3 Å². The summed E-state index contributed by atoms with van der Waals surface area (Å²) in [5.41, 5.74) is 3.04. The van der Waals surface area contributed by atoms with Crippen LogP contribution in [0.4, 0.5) is 0 Å². The van der Waals surface area contributed by atoms with E-state index in [0.29, 0.717) is 11.4 Å². The van der Waals surface area contributed by atoms with Crippen molar-refractivity contribution in [2.45, 2.75) is 6.54 Å². The molecule has 0 fully saturated rings. The number of carboxylic acids is 1. The molecule has 8 nitrogen and oxygen atoms in total. The van der Waals surface area contributed by atoms with E-state index in [0.717, 1.165) is 16.2 Å². The highest BCUT2D eigenvalue weighted by Gasteiger charge is 2.24. The number of hydrogen-bond donors (Lipinski definition) is 1. The lowest BCUT2D eigenvalue weighted by Crippen LogP contribution is -2.35. The first-order chi connectivity index (χ1) is 16.0. The van der Waals surface area contributed by atoms with E-state index >= 15 is 0 Å². The van der Waals surface area contributed by atoms with Crippen molar-refractivity contribution in [1.29, 1.82) is 5.26 Å². The molecule has 162 valence electrons. The summed E-state index contributed by atoms with van der Waals surface area (Å²) in [6.07, 6.45) is 0. The number of nitrogens with zero attached hydrogens (tertiary/aromatic N) is 5. The Labute approximate surface area is 190 Å². The standard InChI is InChI=1S/C25H19N5O3/c26-15-19-10-7-11-20(27-19)16-29(17-24(31)32)25(33)22-14-23(18-8-3-1-4-9-18)30(28-22)21-12-5-2-6-13-21/h1-14H,16-17H2,(H,31,32). The first-order valence-corrected chi connectivity index (χ1v) is 10.1. The Kier molecular flexibility index (Phi) is 6.23. The number of rotatable bonds is 7. The van der Waals surface area contributed by atoms with Crippen LogP contribution in [0.25, 0.3) is 16.9 Å². The monoisotopic (exact) mass is 437 g/mol. The van der Waals surface area contributed by atoms with Crippen molar-refractivity contribution in [1.82, 2.24) is 19.7 Å². The third-order valence-electron chi connectivity index (χ3n) is 4.89. The molecule has 0 aliphatic heterocycles. The number of amides is 1. The van der Waals surface area contributed by atoms with E-state index in [4.69, 9.17) is 5.26 Å². The molecule has 33 heavy (non-hydrogen) atoms. The van der Waals surface area contributed by atoms with E-state index in [1.165, 1.54) is 0 Å². The Balaban J connectivity index is 1.74. The summed E-state index contributed by atoms with van der Waals surface area (Å²) in [6.45, 7) is -0.602. The average molecular weight is 437 g/mol. The summed E-state index contributed by atoms with van der Waals surface area (Å²) >= 11 is 0. The summed E-state index contributed by atoms with van der Waals surface area (Å²) in [6, 6.07) is 27.3. The minimum absolute atomic E-state index is 0.0699. The summed E-state index contributed by atoms with van der Waals surface area (Å²) in [5, 5.41) is 23.0. The molecule has 4 aromatic rings. The van der Waals surface area contributed by atoms with Crippen LogP contribution in [0.3, 0.4) is 0 Å². The first kappa shape index (κ1) is 21.5. The number of aliphatic carboxylic acids is 1. The molecule has 0 saturated carbocycles. The molecule has 0 radical (unpaired) electrons. The van der Waals surface area contributed by atoms with E-state index in [2.05, 4.69) is 10.1 Å². The molecule has 4 rings (SSSR count). The van der Waals surface area contributed by atoms with E-state index in [-0.39, 0.29) is 17.9 Å². The number of para-hydroxylation sites is 1. The predicted octanol–water partition coefficient (Wildman–Crippen LogP) is 3.53. The number of benzene rings is 2. The summed E-state index contributed by atoms with van der Waals surface area (Å²) in [5.74, 6) is -1.71. The van der Waals surface area contributed by atoms with Crippen molar-refractivity contribution in [3.05, 3.63) is 102 Å². The van der Waals surface area contributed by atoms with Crippen LogP contribution in [0.1, 0.15) is 21.9 Å². The lowest BCUT2D eigenvalue weighted by Gasteiger charge is -2.19. The van der Waals surface area contributed by atoms with Crippen LogP contribution >= 0.6 is 0 Å². The summed E-state index contributed by atoms with van der Waals surface area (Å²) in [7, 11) is 0.